The fourth-order valence-electron chi connectivity index (χ4n) is 4.13. The van der Waals surface area contributed by atoms with Crippen molar-refractivity contribution in [3.05, 3.63) is 65.2 Å². The number of hydrogen-bond acceptors (Lipinski definition) is 10. The number of hydrogen-bond donors (Lipinski definition) is 6. The van der Waals surface area contributed by atoms with Gasteiger partial charge in [-0.3, -0.25) is 4.79 Å². The lowest BCUT2D eigenvalue weighted by atomic mass is 9.92. The summed E-state index contributed by atoms with van der Waals surface area (Å²) in [5.74, 6) is -1.76. The number of ether oxygens (including phenoxy) is 3. The minimum Gasteiger partial charge on any atom is -0.508 e. The Hall–Kier alpha value is -4.15. The van der Waals surface area contributed by atoms with Crippen LogP contribution in [0.15, 0.2) is 48.5 Å². The maximum Gasteiger partial charge on any atom is 0.202 e. The summed E-state index contributed by atoms with van der Waals surface area (Å²) in [6, 6.07) is 10.9. The Bertz CT molecular complexity index is 1290. The van der Waals surface area contributed by atoms with Crippen molar-refractivity contribution in [3.8, 4) is 40.2 Å². The lowest BCUT2D eigenvalue weighted by molar-refractivity contribution is -0.0130. The van der Waals surface area contributed by atoms with E-state index in [0.717, 1.165) is 6.07 Å². The maximum absolute atomic E-state index is 12.7. The van der Waals surface area contributed by atoms with Gasteiger partial charge in [0.25, 0.3) is 0 Å². The van der Waals surface area contributed by atoms with Gasteiger partial charge in [0.1, 0.15) is 22.8 Å². The number of carbonyl (C=O) groups is 1. The van der Waals surface area contributed by atoms with E-state index in [2.05, 4.69) is 0 Å². The van der Waals surface area contributed by atoms with Gasteiger partial charge >= 0.3 is 0 Å². The Morgan fingerprint density at radius 2 is 1.41 bits per heavy atom. The number of Topliss-reactive ketones (excluding diaryl/α,β-unsaturated/α-hetero) is 1. The second-order valence-corrected chi connectivity index (χ2v) is 8.02. The van der Waals surface area contributed by atoms with Gasteiger partial charge < -0.3 is 44.8 Å². The number of phenolic OH excluding ortho intramolecular Hbond substituents is 4. The first-order chi connectivity index (χ1) is 16.3. The molecule has 2 aliphatic rings. The Kier molecular flexibility index (Phi) is 5.11. The van der Waals surface area contributed by atoms with Crippen molar-refractivity contribution in [1.29, 1.82) is 0 Å². The number of ketones is 1. The molecule has 0 aromatic heterocycles. The quantitative estimate of drug-likeness (QED) is 0.313. The van der Waals surface area contributed by atoms with Gasteiger partial charge in [0.05, 0.1) is 6.61 Å². The average Bonchev–Trinajstić information content (AvgIpc) is 2.81. The molecule has 0 bridgehead atoms. The topological polar surface area (TPSA) is 166 Å². The Balaban J connectivity index is 1.47. The summed E-state index contributed by atoms with van der Waals surface area (Å²) < 4.78 is 17.6. The van der Waals surface area contributed by atoms with Crippen LogP contribution in [0.2, 0.25) is 0 Å². The molecule has 10 heteroatoms. The van der Waals surface area contributed by atoms with Crippen LogP contribution in [0.3, 0.4) is 0 Å². The number of aliphatic hydroxyl groups excluding tert-OH is 2. The van der Waals surface area contributed by atoms with Crippen LogP contribution in [0.1, 0.15) is 33.7 Å². The number of phenols is 4. The fraction of sp³-hybridized carbons (Fsp3) is 0.208. The van der Waals surface area contributed by atoms with Crippen molar-refractivity contribution >= 4 is 5.78 Å². The van der Waals surface area contributed by atoms with Gasteiger partial charge in [0.2, 0.25) is 5.78 Å². The van der Waals surface area contributed by atoms with Gasteiger partial charge in [-0.15, -0.1) is 0 Å². The number of aromatic hydroxyl groups is 4. The smallest absolute Gasteiger partial charge is 0.202 e. The van der Waals surface area contributed by atoms with E-state index in [1.165, 1.54) is 30.3 Å². The van der Waals surface area contributed by atoms with E-state index in [1.54, 1.807) is 12.1 Å². The van der Waals surface area contributed by atoms with Crippen molar-refractivity contribution in [2.45, 2.75) is 24.4 Å². The Labute approximate surface area is 192 Å². The number of rotatable bonds is 3. The number of fused-ring (bicyclic) bond motifs is 2. The lowest BCUT2D eigenvalue weighted by Gasteiger charge is -2.35. The monoisotopic (exact) mass is 468 g/mol. The average molecular weight is 468 g/mol. The van der Waals surface area contributed by atoms with Crippen LogP contribution in [0.25, 0.3) is 0 Å². The summed E-state index contributed by atoms with van der Waals surface area (Å²) in [6.45, 7) is -0.428. The van der Waals surface area contributed by atoms with Crippen molar-refractivity contribution in [1.82, 2.24) is 0 Å². The second-order valence-electron chi connectivity index (χ2n) is 8.02. The highest BCUT2D eigenvalue weighted by Crippen LogP contribution is 2.45. The van der Waals surface area contributed by atoms with Crippen LogP contribution < -0.4 is 14.2 Å². The fourth-order valence-corrected chi connectivity index (χ4v) is 4.13. The van der Waals surface area contributed by atoms with Gasteiger partial charge in [-0.05, 0) is 29.8 Å². The molecule has 2 aliphatic heterocycles. The summed E-state index contributed by atoms with van der Waals surface area (Å²) in [5, 5.41) is 59.5. The third-order valence-electron chi connectivity index (χ3n) is 5.80. The molecular formula is C24H20O10. The van der Waals surface area contributed by atoms with Crippen LogP contribution in [-0.4, -0.2) is 55.2 Å². The molecule has 2 heterocycles. The van der Waals surface area contributed by atoms with Crippen molar-refractivity contribution in [2.24, 2.45) is 0 Å². The van der Waals surface area contributed by atoms with E-state index in [4.69, 9.17) is 14.2 Å². The van der Waals surface area contributed by atoms with E-state index < -0.39 is 42.6 Å². The predicted molar refractivity (Wildman–Crippen MR) is 115 cm³/mol. The zero-order valence-electron chi connectivity index (χ0n) is 17.5. The first kappa shape index (κ1) is 21.7. The van der Waals surface area contributed by atoms with Gasteiger partial charge in [-0.1, -0.05) is 12.1 Å². The van der Waals surface area contributed by atoms with Crippen molar-refractivity contribution in [2.75, 3.05) is 6.61 Å². The number of benzene rings is 3. The minimum absolute atomic E-state index is 0.0758. The van der Waals surface area contributed by atoms with Crippen molar-refractivity contribution < 1.29 is 49.6 Å². The van der Waals surface area contributed by atoms with Crippen LogP contribution in [0.5, 0.6) is 40.2 Å². The standard InChI is InChI=1S/C24H20O10/c25-9-19-23(10-1-3-13(27)14(28)5-10)33-16-4-2-11(6-17(16)32-19)24-22(31)21(30)20-15(29)7-12(26)8-18(20)34-24/h1-8,19,22-29,31H,9H2/t19-,22-,23-,24+/m0/s1. The molecule has 10 nitrogen and oxygen atoms in total. The number of aliphatic hydroxyl groups is 2. The molecule has 0 saturated heterocycles. The molecule has 0 amide bonds. The largest absolute Gasteiger partial charge is 0.508 e. The molecule has 0 saturated carbocycles. The van der Waals surface area contributed by atoms with Crippen LogP contribution in [0, 0.1) is 0 Å². The SMILES string of the molecule is O=C1c2c(O)cc(O)cc2O[C@H](c2ccc3c(c2)O[C@@H](CO)[C@H](c2ccc(O)c(O)c2)O3)[C@H]1O. The lowest BCUT2D eigenvalue weighted by Crippen LogP contribution is -2.37. The molecule has 0 aliphatic carbocycles. The zero-order valence-corrected chi connectivity index (χ0v) is 17.5. The van der Waals surface area contributed by atoms with Crippen LogP contribution in [0.4, 0.5) is 0 Å². The molecule has 0 fully saturated rings. The number of carbonyl (C=O) groups excluding carboxylic acids is 1. The molecule has 5 rings (SSSR count). The van der Waals surface area contributed by atoms with E-state index in [0.29, 0.717) is 16.9 Å². The molecule has 3 aromatic carbocycles. The van der Waals surface area contributed by atoms with Crippen molar-refractivity contribution in [3.63, 3.8) is 0 Å². The van der Waals surface area contributed by atoms with Gasteiger partial charge in [0.15, 0.2) is 47.4 Å². The first-order valence-corrected chi connectivity index (χ1v) is 10.3. The molecule has 4 atom stereocenters. The normalized spacial score (nSPS) is 23.2. The maximum atomic E-state index is 12.7. The van der Waals surface area contributed by atoms with E-state index in [1.807, 2.05) is 0 Å². The molecular weight excluding hydrogens is 448 g/mol. The highest BCUT2D eigenvalue weighted by atomic mass is 16.6. The van der Waals surface area contributed by atoms with E-state index in [-0.39, 0.29) is 34.3 Å². The second kappa shape index (κ2) is 8.01. The highest BCUT2D eigenvalue weighted by molar-refractivity contribution is 6.05. The van der Waals surface area contributed by atoms with E-state index >= 15 is 0 Å². The summed E-state index contributed by atoms with van der Waals surface area (Å²) >= 11 is 0. The molecule has 0 unspecified atom stereocenters. The third-order valence-corrected chi connectivity index (χ3v) is 5.80. The molecule has 0 radical (unpaired) electrons. The van der Waals surface area contributed by atoms with E-state index in [9.17, 15) is 35.4 Å². The first-order valence-electron chi connectivity index (χ1n) is 10.3. The van der Waals surface area contributed by atoms with Gasteiger partial charge in [-0.25, -0.2) is 0 Å². The van der Waals surface area contributed by atoms with Crippen LogP contribution in [-0.2, 0) is 0 Å². The highest BCUT2D eigenvalue weighted by Gasteiger charge is 2.40. The van der Waals surface area contributed by atoms with Crippen LogP contribution >= 0.6 is 0 Å². The van der Waals surface area contributed by atoms with Gasteiger partial charge in [-0.2, -0.15) is 0 Å². The summed E-state index contributed by atoms with van der Waals surface area (Å²) in [5.41, 5.74) is 0.602. The summed E-state index contributed by atoms with van der Waals surface area (Å²) in [6.07, 6.45) is -4.44. The predicted octanol–water partition coefficient (Wildman–Crippen LogP) is 2.06. The molecule has 34 heavy (non-hydrogen) atoms. The summed E-state index contributed by atoms with van der Waals surface area (Å²) in [7, 11) is 0. The zero-order chi connectivity index (χ0) is 24.1. The summed E-state index contributed by atoms with van der Waals surface area (Å²) in [4.78, 5) is 12.7. The molecule has 176 valence electrons. The minimum atomic E-state index is -1.63. The Morgan fingerprint density at radius 3 is 2.15 bits per heavy atom. The molecule has 0 spiro atoms. The molecule has 6 N–H and O–H groups in total. The third kappa shape index (κ3) is 3.49. The Morgan fingerprint density at radius 1 is 0.706 bits per heavy atom. The van der Waals surface area contributed by atoms with Gasteiger partial charge in [0, 0.05) is 17.7 Å². The molecule has 3 aromatic rings.